The molecular formula is C9H13NO4. The molecule has 1 aliphatic carbocycles. The minimum atomic E-state index is -1.60. The maximum Gasteiger partial charge on any atom is 0.385 e. The lowest BCUT2D eigenvalue weighted by Crippen LogP contribution is -2.38. The van der Waals surface area contributed by atoms with Gasteiger partial charge < -0.3 is 4.74 Å². The van der Waals surface area contributed by atoms with Gasteiger partial charge in [0.1, 0.15) is 0 Å². The van der Waals surface area contributed by atoms with Gasteiger partial charge in [0.05, 0.1) is 12.5 Å². The lowest BCUT2D eigenvalue weighted by atomic mass is 9.95. The lowest BCUT2D eigenvalue weighted by Gasteiger charge is -2.13. The van der Waals surface area contributed by atoms with Crippen LogP contribution in [0.15, 0.2) is 12.2 Å². The molecule has 0 aliphatic heterocycles. The fraction of sp³-hybridized carbons (Fsp3) is 0.667. The second kappa shape index (κ2) is 2.80. The summed E-state index contributed by atoms with van der Waals surface area (Å²) in [7, 11) is 1.16. The summed E-state index contributed by atoms with van der Waals surface area (Å²) < 4.78 is 4.46. The van der Waals surface area contributed by atoms with Gasteiger partial charge in [0.2, 0.25) is 0 Å². The van der Waals surface area contributed by atoms with E-state index in [0.717, 1.165) is 7.11 Å². The highest BCUT2D eigenvalue weighted by molar-refractivity contribution is 5.85. The van der Waals surface area contributed by atoms with Gasteiger partial charge in [0.25, 0.3) is 0 Å². The summed E-state index contributed by atoms with van der Waals surface area (Å²) in [6.45, 7) is 7.02. The monoisotopic (exact) mass is 199 g/mol. The van der Waals surface area contributed by atoms with Crippen molar-refractivity contribution in [1.29, 1.82) is 0 Å². The van der Waals surface area contributed by atoms with Gasteiger partial charge in [0.15, 0.2) is 0 Å². The Morgan fingerprint density at radius 3 is 2.36 bits per heavy atom. The number of carbonyl (C=O) groups excluding carboxylic acids is 1. The smallest absolute Gasteiger partial charge is 0.385 e. The molecule has 0 aromatic rings. The molecule has 14 heavy (non-hydrogen) atoms. The van der Waals surface area contributed by atoms with Crippen LogP contribution in [0.4, 0.5) is 0 Å². The van der Waals surface area contributed by atoms with Crippen LogP contribution in [0.5, 0.6) is 0 Å². The second-order valence-corrected chi connectivity index (χ2v) is 3.90. The Labute approximate surface area is 81.9 Å². The van der Waals surface area contributed by atoms with Gasteiger partial charge in [-0.25, -0.2) is 4.79 Å². The van der Waals surface area contributed by atoms with Gasteiger partial charge in [-0.15, -0.1) is 0 Å². The minimum Gasteiger partial charge on any atom is -0.464 e. The fourth-order valence-corrected chi connectivity index (χ4v) is 1.78. The molecule has 0 unspecified atom stereocenters. The Balaban J connectivity index is 3.09. The highest BCUT2D eigenvalue weighted by atomic mass is 16.6. The molecule has 1 fully saturated rings. The predicted molar refractivity (Wildman–Crippen MR) is 49.3 cm³/mol. The van der Waals surface area contributed by atoms with E-state index < -0.39 is 21.8 Å². The summed E-state index contributed by atoms with van der Waals surface area (Å²) >= 11 is 0. The Morgan fingerprint density at radius 2 is 2.14 bits per heavy atom. The van der Waals surface area contributed by atoms with Crippen LogP contribution in [-0.4, -0.2) is 23.5 Å². The molecule has 2 atom stereocenters. The van der Waals surface area contributed by atoms with Crippen LogP contribution in [0.25, 0.3) is 0 Å². The van der Waals surface area contributed by atoms with Gasteiger partial charge in [-0.3, -0.25) is 10.1 Å². The average molecular weight is 199 g/mol. The SMILES string of the molecule is C=C(C)[C@@]1(C)C[C@]1(C(=O)OC)[N+](=O)[O-]. The molecule has 5 nitrogen and oxygen atoms in total. The van der Waals surface area contributed by atoms with Crippen LogP contribution in [0.3, 0.4) is 0 Å². The third kappa shape index (κ3) is 0.981. The molecule has 1 aliphatic rings. The van der Waals surface area contributed by atoms with E-state index in [4.69, 9.17) is 0 Å². The highest BCUT2D eigenvalue weighted by Gasteiger charge is 2.81. The predicted octanol–water partition coefficient (Wildman–Crippen LogP) is 1.16. The van der Waals surface area contributed by atoms with Crippen molar-refractivity contribution in [3.05, 3.63) is 22.3 Å². The molecule has 5 heteroatoms. The summed E-state index contributed by atoms with van der Waals surface area (Å²) in [6.07, 6.45) is 0.176. The molecule has 78 valence electrons. The molecule has 1 saturated carbocycles. The van der Waals surface area contributed by atoms with Crippen LogP contribution in [0, 0.1) is 15.5 Å². The first kappa shape index (κ1) is 10.7. The van der Waals surface area contributed by atoms with E-state index >= 15 is 0 Å². The van der Waals surface area contributed by atoms with Crippen LogP contribution < -0.4 is 0 Å². The number of carbonyl (C=O) groups is 1. The third-order valence-corrected chi connectivity index (χ3v) is 3.17. The molecule has 0 aromatic carbocycles. The van der Waals surface area contributed by atoms with E-state index in [-0.39, 0.29) is 6.42 Å². The van der Waals surface area contributed by atoms with Crippen molar-refractivity contribution in [3.63, 3.8) is 0 Å². The number of hydrogen-bond donors (Lipinski definition) is 0. The average Bonchev–Trinajstić information content (AvgIpc) is 2.74. The van der Waals surface area contributed by atoms with Gasteiger partial charge in [-0.1, -0.05) is 12.2 Å². The van der Waals surface area contributed by atoms with Gasteiger partial charge in [0, 0.05) is 11.3 Å². The number of ether oxygens (including phenoxy) is 1. The van der Waals surface area contributed by atoms with Crippen LogP contribution in [0.1, 0.15) is 20.3 Å². The Hall–Kier alpha value is -1.39. The van der Waals surface area contributed by atoms with Gasteiger partial charge in [-0.2, -0.15) is 0 Å². The molecule has 0 aromatic heterocycles. The summed E-state index contributed by atoms with van der Waals surface area (Å²) in [5.41, 5.74) is -1.73. The number of rotatable bonds is 3. The van der Waals surface area contributed by atoms with Crippen molar-refractivity contribution in [3.8, 4) is 0 Å². The van der Waals surface area contributed by atoms with Crippen molar-refractivity contribution in [2.45, 2.75) is 25.8 Å². The summed E-state index contributed by atoms with van der Waals surface area (Å²) in [6, 6.07) is 0. The van der Waals surface area contributed by atoms with Crippen LogP contribution in [0.2, 0.25) is 0 Å². The normalized spacial score (nSPS) is 34.8. The molecule has 0 radical (unpaired) electrons. The van der Waals surface area contributed by atoms with Gasteiger partial charge >= 0.3 is 11.5 Å². The topological polar surface area (TPSA) is 69.4 Å². The standard InChI is InChI=1S/C9H13NO4/c1-6(2)8(3)5-9(8,10(12)13)7(11)14-4/h1,5H2,2-4H3/t8-,9-/m1/s1. The van der Waals surface area contributed by atoms with Crippen molar-refractivity contribution >= 4 is 5.97 Å². The van der Waals surface area contributed by atoms with E-state index in [9.17, 15) is 14.9 Å². The molecule has 0 heterocycles. The van der Waals surface area contributed by atoms with Crippen molar-refractivity contribution < 1.29 is 14.5 Å². The first-order valence-corrected chi connectivity index (χ1v) is 4.22. The van der Waals surface area contributed by atoms with Crippen LogP contribution in [-0.2, 0) is 9.53 Å². The van der Waals surface area contributed by atoms with Gasteiger partial charge in [-0.05, 0) is 13.8 Å². The summed E-state index contributed by atoms with van der Waals surface area (Å²) in [5.74, 6) is -0.784. The molecule has 0 saturated heterocycles. The van der Waals surface area contributed by atoms with E-state index in [2.05, 4.69) is 11.3 Å². The van der Waals surface area contributed by atoms with Crippen molar-refractivity contribution in [2.75, 3.05) is 7.11 Å². The second-order valence-electron chi connectivity index (χ2n) is 3.90. The molecular weight excluding hydrogens is 186 g/mol. The summed E-state index contributed by atoms with van der Waals surface area (Å²) in [4.78, 5) is 21.7. The first-order valence-electron chi connectivity index (χ1n) is 4.22. The van der Waals surface area contributed by atoms with Crippen molar-refractivity contribution in [1.82, 2.24) is 0 Å². The third-order valence-electron chi connectivity index (χ3n) is 3.17. The Bertz CT molecular complexity index is 325. The number of nitrogens with zero attached hydrogens (tertiary/aromatic N) is 1. The molecule has 0 spiro atoms. The lowest BCUT2D eigenvalue weighted by molar-refractivity contribution is -0.532. The van der Waals surface area contributed by atoms with E-state index in [1.54, 1.807) is 13.8 Å². The minimum absolute atomic E-state index is 0.176. The molecule has 1 rings (SSSR count). The van der Waals surface area contributed by atoms with Crippen LogP contribution >= 0.6 is 0 Å². The van der Waals surface area contributed by atoms with Crippen molar-refractivity contribution in [2.24, 2.45) is 5.41 Å². The quantitative estimate of drug-likeness (QED) is 0.296. The fourth-order valence-electron chi connectivity index (χ4n) is 1.78. The van der Waals surface area contributed by atoms with E-state index in [1.165, 1.54) is 0 Å². The van der Waals surface area contributed by atoms with E-state index in [0.29, 0.717) is 5.57 Å². The Morgan fingerprint density at radius 1 is 1.64 bits per heavy atom. The maximum absolute atomic E-state index is 11.4. The van der Waals surface area contributed by atoms with E-state index in [1.807, 2.05) is 0 Å². The number of esters is 1. The zero-order chi connectivity index (χ0) is 11.1. The molecule has 0 bridgehead atoms. The largest absolute Gasteiger partial charge is 0.464 e. The number of hydrogen-bond acceptors (Lipinski definition) is 4. The zero-order valence-electron chi connectivity index (χ0n) is 8.49. The zero-order valence-corrected chi connectivity index (χ0v) is 8.49. The Kier molecular flexibility index (Phi) is 2.14. The number of nitro groups is 1. The summed E-state index contributed by atoms with van der Waals surface area (Å²) in [5, 5.41) is 10.9. The molecule has 0 N–H and O–H groups in total. The maximum atomic E-state index is 11.4. The molecule has 0 amide bonds. The first-order chi connectivity index (χ1) is 6.33. The number of methoxy groups -OCH3 is 1. The highest BCUT2D eigenvalue weighted by Crippen LogP contribution is 2.62.